The molecule has 2 N–H and O–H groups in total. The van der Waals surface area contributed by atoms with Gasteiger partial charge in [-0.3, -0.25) is 10.6 Å². The fraction of sp³-hybridized carbons (Fsp3) is 0.265. The maximum absolute atomic E-state index is 12.8. The first-order valence-electron chi connectivity index (χ1n) is 20.7. The smallest absolute Gasteiger partial charge is 0.412 e. The largest absolute Gasteiger partial charge is 0.459 e. The Bertz CT molecular complexity index is 2280. The van der Waals surface area contributed by atoms with E-state index in [2.05, 4.69) is 23.8 Å². The van der Waals surface area contributed by atoms with Gasteiger partial charge in [0.2, 0.25) is 0 Å². The molecule has 352 valence electrons. The lowest BCUT2D eigenvalue weighted by molar-refractivity contribution is -0.140. The van der Waals surface area contributed by atoms with Crippen LogP contribution in [0, 0.1) is 0 Å². The Morgan fingerprint density at radius 3 is 1.06 bits per heavy atom. The van der Waals surface area contributed by atoms with Crippen molar-refractivity contribution in [1.29, 1.82) is 0 Å². The van der Waals surface area contributed by atoms with Gasteiger partial charge in [0.1, 0.15) is 51.8 Å². The van der Waals surface area contributed by atoms with Gasteiger partial charge in [-0.1, -0.05) is 61.7 Å². The first-order chi connectivity index (χ1) is 32.0. The van der Waals surface area contributed by atoms with Crippen LogP contribution in [-0.2, 0) is 53.9 Å². The first kappa shape index (κ1) is 51.4. The van der Waals surface area contributed by atoms with Gasteiger partial charge in [0.15, 0.2) is 0 Å². The van der Waals surface area contributed by atoms with Crippen molar-refractivity contribution in [3.05, 3.63) is 155 Å². The maximum atomic E-state index is 12.8. The maximum Gasteiger partial charge on any atom is 0.412 e. The molecular weight excluding hydrogens is 873 g/mol. The summed E-state index contributed by atoms with van der Waals surface area (Å²) in [6, 6.07) is 25.7. The van der Waals surface area contributed by atoms with Crippen LogP contribution >= 0.6 is 0 Å². The van der Waals surface area contributed by atoms with E-state index in [9.17, 15) is 38.4 Å². The number of esters is 6. The number of carbonyl (C=O) groups excluding carboxylic acids is 8. The zero-order valence-corrected chi connectivity index (χ0v) is 37.3. The molecule has 0 heterocycles. The van der Waals surface area contributed by atoms with Crippen molar-refractivity contribution in [3.8, 4) is 0 Å². The molecule has 0 saturated heterocycles. The van der Waals surface area contributed by atoms with Crippen LogP contribution in [0.4, 0.5) is 21.0 Å². The quantitative estimate of drug-likeness (QED) is 0.0338. The lowest BCUT2D eigenvalue weighted by Crippen LogP contribution is -2.26. The second kappa shape index (κ2) is 25.9. The van der Waals surface area contributed by atoms with Gasteiger partial charge < -0.3 is 37.9 Å². The molecule has 4 aromatic carbocycles. The summed E-state index contributed by atoms with van der Waals surface area (Å²) in [6.07, 6.45) is -2.76. The third-order valence-electron chi connectivity index (χ3n) is 8.85. The van der Waals surface area contributed by atoms with Crippen LogP contribution in [0.25, 0.3) is 0 Å². The number of nitrogens with one attached hydrogen (secondary N) is 2. The molecule has 67 heavy (non-hydrogen) atoms. The van der Waals surface area contributed by atoms with Crippen molar-refractivity contribution < 1.29 is 76.3 Å². The summed E-state index contributed by atoms with van der Waals surface area (Å²) in [4.78, 5) is 99.0. The van der Waals surface area contributed by atoms with Crippen LogP contribution in [0.2, 0.25) is 0 Å². The van der Waals surface area contributed by atoms with E-state index in [1.165, 1.54) is 64.1 Å². The lowest BCUT2D eigenvalue weighted by Gasteiger charge is -2.15. The predicted molar refractivity (Wildman–Crippen MR) is 240 cm³/mol. The zero-order chi connectivity index (χ0) is 48.9. The van der Waals surface area contributed by atoms with Gasteiger partial charge in [0.05, 0.1) is 22.3 Å². The summed E-state index contributed by atoms with van der Waals surface area (Å²) in [5.74, 6) is -4.58. The summed E-state index contributed by atoms with van der Waals surface area (Å²) in [5.41, 5.74) is 2.87. The minimum atomic E-state index is -0.853. The van der Waals surface area contributed by atoms with Gasteiger partial charge in [-0.25, -0.2) is 38.4 Å². The number of benzene rings is 4. The summed E-state index contributed by atoms with van der Waals surface area (Å²) in [5, 5.41) is 5.24. The molecule has 0 radical (unpaired) electrons. The third kappa shape index (κ3) is 17.3. The van der Waals surface area contributed by atoms with Gasteiger partial charge in [0, 0.05) is 22.5 Å². The van der Waals surface area contributed by atoms with Crippen LogP contribution in [0.3, 0.4) is 0 Å². The molecule has 4 aromatic rings. The predicted octanol–water partition coefficient (Wildman–Crippen LogP) is 7.42. The van der Waals surface area contributed by atoms with Crippen LogP contribution in [-0.4, -0.2) is 99.9 Å². The molecule has 0 fully saturated rings. The van der Waals surface area contributed by atoms with Crippen molar-refractivity contribution in [3.63, 3.8) is 0 Å². The molecule has 18 heteroatoms. The minimum absolute atomic E-state index is 0.0591. The standard InChI is InChI=1S/C49H50N2O16/c1-30(2)42(52)60-23-25-62-44(54)38-11-7-9-13-40(38)46(56)64-28-32(5)66-48(58)50-36-19-15-34(16-20-36)27-35-17-21-37(22-18-35)51-49(59)67-33(6)29-65-47(57)41-14-10-8-12-39(41)45(55)63-26-24-61-43(53)31(3)4/h7-22,32-33H,1,3,23-29H2,2,4-6H3,(H,50,58)(H,51,59). The van der Waals surface area contributed by atoms with Gasteiger partial charge in [-0.15, -0.1) is 0 Å². The Kier molecular flexibility index (Phi) is 19.8. The van der Waals surface area contributed by atoms with Crippen molar-refractivity contribution >= 4 is 59.4 Å². The Morgan fingerprint density at radius 1 is 0.448 bits per heavy atom. The van der Waals surface area contributed by atoms with Gasteiger partial charge >= 0.3 is 48.0 Å². The van der Waals surface area contributed by atoms with E-state index in [0.717, 1.165) is 11.1 Å². The monoisotopic (exact) mass is 922 g/mol. The van der Waals surface area contributed by atoms with Crippen LogP contribution < -0.4 is 10.6 Å². The van der Waals surface area contributed by atoms with Crippen molar-refractivity contribution in [2.75, 3.05) is 50.3 Å². The number of rotatable bonds is 22. The Labute approximate surface area is 386 Å². The third-order valence-corrected chi connectivity index (χ3v) is 8.85. The van der Waals surface area contributed by atoms with Crippen molar-refractivity contribution in [1.82, 2.24) is 0 Å². The summed E-state index contributed by atoms with van der Waals surface area (Å²) in [6.45, 7) is 11.5. The van der Waals surface area contributed by atoms with Crippen molar-refractivity contribution in [2.45, 2.75) is 46.3 Å². The molecule has 2 amide bonds. The van der Waals surface area contributed by atoms with E-state index >= 15 is 0 Å². The van der Waals surface area contributed by atoms with Crippen LogP contribution in [0.15, 0.2) is 121 Å². The highest BCUT2D eigenvalue weighted by Crippen LogP contribution is 2.18. The number of carbonyl (C=O) groups is 8. The molecule has 0 aromatic heterocycles. The summed E-state index contributed by atoms with van der Waals surface area (Å²) >= 11 is 0. The second-order valence-corrected chi connectivity index (χ2v) is 14.6. The van der Waals surface area contributed by atoms with Gasteiger partial charge in [-0.2, -0.15) is 0 Å². The molecule has 0 aliphatic carbocycles. The molecule has 4 rings (SSSR count). The van der Waals surface area contributed by atoms with Crippen LogP contribution in [0.5, 0.6) is 0 Å². The second-order valence-electron chi connectivity index (χ2n) is 14.6. The molecule has 18 nitrogen and oxygen atoms in total. The molecule has 2 atom stereocenters. The first-order valence-corrected chi connectivity index (χ1v) is 20.7. The van der Waals surface area contributed by atoms with Gasteiger partial charge in [0.25, 0.3) is 0 Å². The lowest BCUT2D eigenvalue weighted by atomic mass is 10.0. The van der Waals surface area contributed by atoms with E-state index in [0.29, 0.717) is 17.8 Å². The zero-order valence-electron chi connectivity index (χ0n) is 37.3. The molecule has 2 unspecified atom stereocenters. The number of amides is 2. The Morgan fingerprint density at radius 2 is 0.746 bits per heavy atom. The van der Waals surface area contributed by atoms with E-state index in [-0.39, 0.29) is 73.0 Å². The van der Waals surface area contributed by atoms with E-state index in [4.69, 9.17) is 37.9 Å². The molecular formula is C49H50N2O16. The Hall–Kier alpha value is -8.28. The average Bonchev–Trinajstić information content (AvgIpc) is 3.30. The number of hydrogen-bond acceptors (Lipinski definition) is 16. The summed E-state index contributed by atoms with van der Waals surface area (Å²) in [7, 11) is 0. The van der Waals surface area contributed by atoms with E-state index in [1.54, 1.807) is 36.4 Å². The minimum Gasteiger partial charge on any atom is -0.459 e. The number of ether oxygens (including phenoxy) is 8. The number of hydrogen-bond donors (Lipinski definition) is 2. The molecule has 0 aliphatic rings. The summed E-state index contributed by atoms with van der Waals surface area (Å²) < 4.78 is 41.2. The highest BCUT2D eigenvalue weighted by molar-refractivity contribution is 6.04. The molecule has 0 spiro atoms. The van der Waals surface area contributed by atoms with E-state index in [1.807, 2.05) is 24.3 Å². The Balaban J connectivity index is 1.15. The number of anilines is 2. The average molecular weight is 923 g/mol. The normalized spacial score (nSPS) is 11.3. The topological polar surface area (TPSA) is 234 Å². The molecule has 0 aliphatic heterocycles. The molecule has 0 saturated carbocycles. The van der Waals surface area contributed by atoms with Gasteiger partial charge in [-0.05, 0) is 93.8 Å². The molecule has 0 bridgehead atoms. The van der Waals surface area contributed by atoms with E-state index < -0.39 is 60.2 Å². The highest BCUT2D eigenvalue weighted by atomic mass is 16.6. The highest BCUT2D eigenvalue weighted by Gasteiger charge is 2.23. The fourth-order valence-electron chi connectivity index (χ4n) is 5.53. The van der Waals surface area contributed by atoms with Crippen LogP contribution in [0.1, 0.15) is 80.3 Å². The fourth-order valence-corrected chi connectivity index (χ4v) is 5.53. The van der Waals surface area contributed by atoms with Crippen molar-refractivity contribution in [2.24, 2.45) is 0 Å². The SMILES string of the molecule is C=C(C)C(=O)OCCOC(=O)c1ccccc1C(=O)OCC(C)OC(=O)Nc1ccc(Cc2ccc(NC(=O)OC(C)COC(=O)c3ccccc3C(=O)OCCOC(=O)C(=C)C)cc2)cc1.